The van der Waals surface area contributed by atoms with Gasteiger partial charge in [-0.15, -0.1) is 0 Å². The maximum Gasteiger partial charge on any atom is 0.307 e. The van der Waals surface area contributed by atoms with Crippen LogP contribution in [-0.2, 0) is 9.59 Å². The molecule has 0 radical (unpaired) electrons. The number of unbranched alkanes of at least 4 members (excludes halogenated alkanes) is 3. The highest BCUT2D eigenvalue weighted by molar-refractivity contribution is 5.77. The quantitative estimate of drug-likeness (QED) is 0.579. The van der Waals surface area contributed by atoms with Gasteiger partial charge in [-0.3, -0.25) is 9.59 Å². The fraction of sp³-hybridized carbons (Fsp3) is 0.846. The minimum atomic E-state index is -1.03. The number of hydrogen-bond donors (Lipinski definition) is 2. The summed E-state index contributed by atoms with van der Waals surface area (Å²) in [7, 11) is 0. The summed E-state index contributed by atoms with van der Waals surface area (Å²) in [4.78, 5) is 21.2. The van der Waals surface area contributed by atoms with Crippen LogP contribution in [0, 0.1) is 11.8 Å². The van der Waals surface area contributed by atoms with Crippen LogP contribution in [0.25, 0.3) is 0 Å². The van der Waals surface area contributed by atoms with Crippen molar-refractivity contribution in [2.45, 2.75) is 58.8 Å². The van der Waals surface area contributed by atoms with Crippen molar-refractivity contribution in [1.82, 2.24) is 0 Å². The van der Waals surface area contributed by atoms with E-state index in [9.17, 15) is 9.59 Å². The van der Waals surface area contributed by atoms with Gasteiger partial charge in [-0.2, -0.15) is 0 Å². The minimum absolute atomic E-state index is 0.263. The Morgan fingerprint density at radius 3 is 1.88 bits per heavy atom. The average molecular weight is 244 g/mol. The molecule has 17 heavy (non-hydrogen) atoms. The van der Waals surface area contributed by atoms with Gasteiger partial charge >= 0.3 is 11.9 Å². The SMILES string of the molecule is CC(C)CCCCCCC(CC(=O)O)C(=O)O. The van der Waals surface area contributed by atoms with E-state index in [-0.39, 0.29) is 6.42 Å². The number of carboxylic acids is 2. The lowest BCUT2D eigenvalue weighted by Crippen LogP contribution is -2.17. The third kappa shape index (κ3) is 9.85. The van der Waals surface area contributed by atoms with Crippen molar-refractivity contribution < 1.29 is 19.8 Å². The van der Waals surface area contributed by atoms with Crippen LogP contribution in [0.15, 0.2) is 0 Å². The first-order chi connectivity index (χ1) is 7.93. The van der Waals surface area contributed by atoms with Gasteiger partial charge in [0.2, 0.25) is 0 Å². The molecule has 0 fully saturated rings. The molecule has 0 bridgehead atoms. The van der Waals surface area contributed by atoms with E-state index in [1.54, 1.807) is 0 Å². The van der Waals surface area contributed by atoms with Gasteiger partial charge in [-0.05, 0) is 12.3 Å². The topological polar surface area (TPSA) is 74.6 Å². The number of carboxylic acid groups (broad SMARTS) is 2. The molecule has 0 spiro atoms. The summed E-state index contributed by atoms with van der Waals surface area (Å²) in [6, 6.07) is 0. The average Bonchev–Trinajstić information content (AvgIpc) is 2.20. The molecule has 4 nitrogen and oxygen atoms in total. The van der Waals surface area contributed by atoms with Gasteiger partial charge < -0.3 is 10.2 Å². The number of carbonyl (C=O) groups is 2. The first kappa shape index (κ1) is 15.9. The molecule has 0 aliphatic heterocycles. The van der Waals surface area contributed by atoms with Gasteiger partial charge in [0.05, 0.1) is 12.3 Å². The minimum Gasteiger partial charge on any atom is -0.481 e. The van der Waals surface area contributed by atoms with Gasteiger partial charge in [0, 0.05) is 0 Å². The standard InChI is InChI=1S/C13H24O4/c1-10(2)7-5-3-4-6-8-11(13(16)17)9-12(14)15/h10-11H,3-9H2,1-2H3,(H,14,15)(H,16,17). The van der Waals surface area contributed by atoms with E-state index in [1.807, 2.05) is 0 Å². The smallest absolute Gasteiger partial charge is 0.307 e. The summed E-state index contributed by atoms with van der Waals surface area (Å²) in [5.41, 5.74) is 0. The van der Waals surface area contributed by atoms with E-state index in [2.05, 4.69) is 13.8 Å². The first-order valence-corrected chi connectivity index (χ1v) is 6.38. The third-order valence-corrected chi connectivity index (χ3v) is 2.85. The second-order valence-electron chi connectivity index (χ2n) is 5.02. The molecule has 0 aromatic heterocycles. The van der Waals surface area contributed by atoms with Gasteiger partial charge in [-0.1, -0.05) is 46.0 Å². The Hall–Kier alpha value is -1.06. The highest BCUT2D eigenvalue weighted by Gasteiger charge is 2.20. The molecular weight excluding hydrogens is 220 g/mol. The van der Waals surface area contributed by atoms with Crippen LogP contribution in [0.5, 0.6) is 0 Å². The Morgan fingerprint density at radius 1 is 0.941 bits per heavy atom. The Kier molecular flexibility index (Phi) is 8.46. The van der Waals surface area contributed by atoms with E-state index in [4.69, 9.17) is 10.2 Å². The predicted molar refractivity (Wildman–Crippen MR) is 65.9 cm³/mol. The maximum absolute atomic E-state index is 10.8. The Bertz CT molecular complexity index is 236. The lowest BCUT2D eigenvalue weighted by Gasteiger charge is -2.09. The first-order valence-electron chi connectivity index (χ1n) is 6.38. The number of hydrogen-bond acceptors (Lipinski definition) is 2. The van der Waals surface area contributed by atoms with E-state index in [0.29, 0.717) is 12.3 Å². The summed E-state index contributed by atoms with van der Waals surface area (Å²) in [5, 5.41) is 17.4. The summed E-state index contributed by atoms with van der Waals surface area (Å²) < 4.78 is 0. The van der Waals surface area contributed by atoms with Crippen LogP contribution >= 0.6 is 0 Å². The van der Waals surface area contributed by atoms with Gasteiger partial charge in [0.15, 0.2) is 0 Å². The summed E-state index contributed by atoms with van der Waals surface area (Å²) in [6.07, 6.45) is 5.51. The van der Waals surface area contributed by atoms with Crippen molar-refractivity contribution in [3.05, 3.63) is 0 Å². The van der Waals surface area contributed by atoms with E-state index >= 15 is 0 Å². The van der Waals surface area contributed by atoms with Crippen molar-refractivity contribution >= 4 is 11.9 Å². The third-order valence-electron chi connectivity index (χ3n) is 2.85. The predicted octanol–water partition coefficient (Wildman–Crippen LogP) is 3.16. The zero-order valence-corrected chi connectivity index (χ0v) is 10.8. The number of aliphatic carboxylic acids is 2. The maximum atomic E-state index is 10.8. The van der Waals surface area contributed by atoms with Crippen molar-refractivity contribution in [3.8, 4) is 0 Å². The molecule has 0 aromatic carbocycles. The molecule has 2 N–H and O–H groups in total. The van der Waals surface area contributed by atoms with Gasteiger partial charge in [-0.25, -0.2) is 0 Å². The van der Waals surface area contributed by atoms with Crippen molar-refractivity contribution in [2.24, 2.45) is 11.8 Å². The van der Waals surface area contributed by atoms with Crippen molar-refractivity contribution in [3.63, 3.8) is 0 Å². The lowest BCUT2D eigenvalue weighted by atomic mass is 9.97. The highest BCUT2D eigenvalue weighted by Crippen LogP contribution is 2.16. The molecule has 0 aromatic rings. The molecule has 100 valence electrons. The van der Waals surface area contributed by atoms with Crippen molar-refractivity contribution in [1.29, 1.82) is 0 Å². The Balaban J connectivity index is 3.61. The Morgan fingerprint density at radius 2 is 1.47 bits per heavy atom. The fourth-order valence-electron chi connectivity index (χ4n) is 1.82. The van der Waals surface area contributed by atoms with Crippen molar-refractivity contribution in [2.75, 3.05) is 0 Å². The zero-order chi connectivity index (χ0) is 13.3. The van der Waals surface area contributed by atoms with Gasteiger partial charge in [0.1, 0.15) is 0 Å². The molecule has 4 heteroatoms. The summed E-state index contributed by atoms with van der Waals surface area (Å²) in [5.74, 6) is -2.03. The molecule has 0 saturated carbocycles. The fourth-order valence-corrected chi connectivity index (χ4v) is 1.82. The lowest BCUT2D eigenvalue weighted by molar-refractivity contribution is -0.148. The Labute approximate surface area is 103 Å². The zero-order valence-electron chi connectivity index (χ0n) is 10.8. The molecule has 0 heterocycles. The molecule has 1 unspecified atom stereocenters. The summed E-state index contributed by atoms with van der Waals surface area (Å²) >= 11 is 0. The molecule has 0 aliphatic carbocycles. The van der Waals surface area contributed by atoms with Crippen LogP contribution in [-0.4, -0.2) is 22.2 Å². The molecule has 0 saturated heterocycles. The second-order valence-corrected chi connectivity index (χ2v) is 5.02. The van der Waals surface area contributed by atoms with Crippen LogP contribution in [0.3, 0.4) is 0 Å². The highest BCUT2D eigenvalue weighted by atomic mass is 16.4. The van der Waals surface area contributed by atoms with Gasteiger partial charge in [0.25, 0.3) is 0 Å². The van der Waals surface area contributed by atoms with E-state index in [1.165, 1.54) is 12.8 Å². The summed E-state index contributed by atoms with van der Waals surface area (Å²) in [6.45, 7) is 4.38. The van der Waals surface area contributed by atoms with Crippen LogP contribution in [0.2, 0.25) is 0 Å². The van der Waals surface area contributed by atoms with E-state index in [0.717, 1.165) is 19.3 Å². The normalized spacial score (nSPS) is 12.6. The molecule has 0 rings (SSSR count). The monoisotopic (exact) mass is 244 g/mol. The second kappa shape index (κ2) is 9.02. The van der Waals surface area contributed by atoms with Crippen LogP contribution < -0.4 is 0 Å². The largest absolute Gasteiger partial charge is 0.481 e. The van der Waals surface area contributed by atoms with Crippen LogP contribution in [0.1, 0.15) is 58.8 Å². The number of rotatable bonds is 10. The van der Waals surface area contributed by atoms with Crippen LogP contribution in [0.4, 0.5) is 0 Å². The molecular formula is C13H24O4. The molecule has 0 aliphatic rings. The molecule has 1 atom stereocenters. The van der Waals surface area contributed by atoms with E-state index < -0.39 is 17.9 Å². The molecule has 0 amide bonds.